The van der Waals surface area contributed by atoms with Crippen molar-refractivity contribution >= 4 is 58.2 Å². The van der Waals surface area contributed by atoms with Crippen LogP contribution in [0.3, 0.4) is 0 Å². The summed E-state index contributed by atoms with van der Waals surface area (Å²) in [5.74, 6) is -0.338. The lowest BCUT2D eigenvalue weighted by atomic mass is 10.1. The van der Waals surface area contributed by atoms with Crippen LogP contribution >= 0.6 is 34.8 Å². The number of halogens is 3. The van der Waals surface area contributed by atoms with E-state index in [1.54, 1.807) is 30.3 Å². The molecule has 1 N–H and O–H groups in total. The van der Waals surface area contributed by atoms with Gasteiger partial charge in [0.05, 0.1) is 9.95 Å². The second-order valence-electron chi connectivity index (χ2n) is 6.62. The summed E-state index contributed by atoms with van der Waals surface area (Å²) in [4.78, 5) is 22.8. The lowest BCUT2D eigenvalue weighted by Gasteiger charge is -2.10. The monoisotopic (exact) mass is 501 g/mol. The highest BCUT2D eigenvalue weighted by Crippen LogP contribution is 2.29. The van der Waals surface area contributed by atoms with Crippen LogP contribution in [-0.2, 0) is 11.4 Å². The predicted octanol–water partition coefficient (Wildman–Crippen LogP) is 6.68. The summed E-state index contributed by atoms with van der Waals surface area (Å²) < 4.78 is 5.71. The number of hydrogen-bond acceptors (Lipinski definition) is 5. The molecule has 1 amide bonds. The minimum atomic E-state index is -0.746. The largest absolute Gasteiger partial charge is 0.487 e. The van der Waals surface area contributed by atoms with Gasteiger partial charge in [0.1, 0.15) is 29.0 Å². The molecule has 166 valence electrons. The van der Waals surface area contributed by atoms with Crippen molar-refractivity contribution in [2.45, 2.75) is 6.61 Å². The van der Waals surface area contributed by atoms with E-state index in [1.807, 2.05) is 18.2 Å². The third-order valence-corrected chi connectivity index (χ3v) is 5.36. The van der Waals surface area contributed by atoms with Crippen LogP contribution in [0.15, 0.2) is 66.2 Å². The van der Waals surface area contributed by atoms with Crippen molar-refractivity contribution < 1.29 is 14.5 Å². The normalized spacial score (nSPS) is 10.9. The van der Waals surface area contributed by atoms with Gasteiger partial charge in [0.25, 0.3) is 11.6 Å². The minimum absolute atomic E-state index is 0.0690. The van der Waals surface area contributed by atoms with E-state index < -0.39 is 10.8 Å². The first-order valence-corrected chi connectivity index (χ1v) is 10.4. The molecule has 0 fully saturated rings. The summed E-state index contributed by atoms with van der Waals surface area (Å²) in [6, 6.07) is 17.6. The molecule has 10 heteroatoms. The van der Waals surface area contributed by atoms with Crippen LogP contribution in [0.5, 0.6) is 5.75 Å². The predicted molar refractivity (Wildman–Crippen MR) is 128 cm³/mol. The number of benzene rings is 3. The average Bonchev–Trinajstić information content (AvgIpc) is 2.78. The SMILES string of the molecule is N#C/C(=C\c1ccc(OCc2ccccc2Cl)c(Cl)c1)C(=O)Nc1ccc(Cl)c([N+](=O)[O-])c1. The van der Waals surface area contributed by atoms with E-state index in [0.29, 0.717) is 16.3 Å². The van der Waals surface area contributed by atoms with Crippen molar-refractivity contribution in [3.63, 3.8) is 0 Å². The molecule has 0 bridgehead atoms. The standard InChI is InChI=1S/C23H14Cl3N3O4/c24-18-4-2-1-3-15(18)13-33-22-8-5-14(10-20(22)26)9-16(12-27)23(30)28-17-6-7-19(25)21(11-17)29(31)32/h1-11H,13H2,(H,28,30)/b16-9+. The molecule has 3 aromatic carbocycles. The van der Waals surface area contributed by atoms with Gasteiger partial charge in [-0.3, -0.25) is 14.9 Å². The maximum Gasteiger partial charge on any atom is 0.289 e. The van der Waals surface area contributed by atoms with E-state index in [-0.39, 0.29) is 33.6 Å². The topological polar surface area (TPSA) is 105 Å². The van der Waals surface area contributed by atoms with Crippen molar-refractivity contribution in [3.05, 3.63) is 103 Å². The highest BCUT2D eigenvalue weighted by Gasteiger charge is 2.16. The van der Waals surface area contributed by atoms with Crippen LogP contribution in [0.1, 0.15) is 11.1 Å². The minimum Gasteiger partial charge on any atom is -0.487 e. The Labute approximate surface area is 203 Å². The fourth-order valence-electron chi connectivity index (χ4n) is 2.74. The second kappa shape index (κ2) is 10.8. The van der Waals surface area contributed by atoms with Crippen molar-refractivity contribution in [1.29, 1.82) is 5.26 Å². The summed E-state index contributed by atoms with van der Waals surface area (Å²) in [7, 11) is 0. The van der Waals surface area contributed by atoms with E-state index in [0.717, 1.165) is 11.6 Å². The molecule has 0 aliphatic heterocycles. The number of rotatable bonds is 7. The Morgan fingerprint density at radius 1 is 1.06 bits per heavy atom. The van der Waals surface area contributed by atoms with E-state index in [9.17, 15) is 20.2 Å². The molecule has 0 saturated carbocycles. The van der Waals surface area contributed by atoms with Gasteiger partial charge in [-0.2, -0.15) is 5.26 Å². The van der Waals surface area contributed by atoms with Crippen molar-refractivity contribution in [2.75, 3.05) is 5.32 Å². The summed E-state index contributed by atoms with van der Waals surface area (Å²) in [5, 5.41) is 23.6. The van der Waals surface area contributed by atoms with Crippen molar-refractivity contribution in [2.24, 2.45) is 0 Å². The van der Waals surface area contributed by atoms with Gasteiger partial charge in [0.15, 0.2) is 0 Å². The summed E-state index contributed by atoms with van der Waals surface area (Å²) in [5.41, 5.74) is 0.812. The zero-order valence-corrected chi connectivity index (χ0v) is 19.0. The molecule has 0 unspecified atom stereocenters. The number of nitrogens with zero attached hydrogens (tertiary/aromatic N) is 2. The number of anilines is 1. The Hall–Kier alpha value is -3.57. The van der Waals surface area contributed by atoms with Crippen LogP contribution in [0.25, 0.3) is 6.08 Å². The number of carbonyl (C=O) groups excluding carboxylic acids is 1. The van der Waals surface area contributed by atoms with Gasteiger partial charge in [-0.25, -0.2) is 0 Å². The lowest BCUT2D eigenvalue weighted by molar-refractivity contribution is -0.384. The van der Waals surface area contributed by atoms with Gasteiger partial charge in [-0.15, -0.1) is 0 Å². The Morgan fingerprint density at radius 3 is 2.48 bits per heavy atom. The van der Waals surface area contributed by atoms with Crippen LogP contribution in [0.4, 0.5) is 11.4 Å². The van der Waals surface area contributed by atoms with Crippen molar-refractivity contribution in [1.82, 2.24) is 0 Å². The zero-order chi connectivity index (χ0) is 24.0. The molecule has 0 spiro atoms. The second-order valence-corrected chi connectivity index (χ2v) is 7.84. The fraction of sp³-hybridized carbons (Fsp3) is 0.0435. The fourth-order valence-corrected chi connectivity index (χ4v) is 3.36. The quantitative estimate of drug-likeness (QED) is 0.168. The van der Waals surface area contributed by atoms with Gasteiger partial charge >= 0.3 is 0 Å². The number of carbonyl (C=O) groups is 1. The van der Waals surface area contributed by atoms with Gasteiger partial charge in [-0.05, 0) is 42.0 Å². The van der Waals surface area contributed by atoms with Crippen LogP contribution < -0.4 is 10.1 Å². The highest BCUT2D eigenvalue weighted by atomic mass is 35.5. The molecular weight excluding hydrogens is 489 g/mol. The van der Waals surface area contributed by atoms with Crippen LogP contribution in [-0.4, -0.2) is 10.8 Å². The van der Waals surface area contributed by atoms with Gasteiger partial charge in [0, 0.05) is 22.3 Å². The van der Waals surface area contributed by atoms with E-state index in [1.165, 1.54) is 18.2 Å². The number of ether oxygens (including phenoxy) is 1. The molecule has 0 heterocycles. The average molecular weight is 503 g/mol. The first-order chi connectivity index (χ1) is 15.8. The number of nitro groups is 1. The first kappa shape index (κ1) is 24.1. The van der Waals surface area contributed by atoms with E-state index >= 15 is 0 Å². The lowest BCUT2D eigenvalue weighted by Crippen LogP contribution is -2.13. The van der Waals surface area contributed by atoms with Crippen LogP contribution in [0.2, 0.25) is 15.1 Å². The molecule has 0 atom stereocenters. The summed E-state index contributed by atoms with van der Waals surface area (Å²) in [6.45, 7) is 0.216. The molecule has 0 saturated heterocycles. The third kappa shape index (κ3) is 6.24. The first-order valence-electron chi connectivity index (χ1n) is 9.31. The van der Waals surface area contributed by atoms with Crippen LogP contribution in [0, 0.1) is 21.4 Å². The number of nitriles is 1. The van der Waals surface area contributed by atoms with E-state index in [4.69, 9.17) is 39.5 Å². The van der Waals surface area contributed by atoms with Crippen molar-refractivity contribution in [3.8, 4) is 11.8 Å². The summed E-state index contributed by atoms with van der Waals surface area (Å²) >= 11 is 18.2. The number of amides is 1. The summed E-state index contributed by atoms with van der Waals surface area (Å²) in [6.07, 6.45) is 1.34. The Bertz CT molecular complexity index is 1300. The maximum absolute atomic E-state index is 12.5. The Balaban J connectivity index is 1.74. The number of nitro benzene ring substituents is 1. The van der Waals surface area contributed by atoms with Gasteiger partial charge in [-0.1, -0.05) is 59.1 Å². The molecule has 0 aliphatic rings. The molecule has 3 rings (SSSR count). The molecule has 7 nitrogen and oxygen atoms in total. The van der Waals surface area contributed by atoms with Gasteiger partial charge < -0.3 is 10.1 Å². The molecular formula is C23H14Cl3N3O4. The Morgan fingerprint density at radius 2 is 1.82 bits per heavy atom. The number of hydrogen-bond donors (Lipinski definition) is 1. The van der Waals surface area contributed by atoms with Gasteiger partial charge in [0.2, 0.25) is 0 Å². The third-order valence-electron chi connectivity index (χ3n) is 4.37. The smallest absolute Gasteiger partial charge is 0.289 e. The zero-order valence-electron chi connectivity index (χ0n) is 16.7. The maximum atomic E-state index is 12.5. The molecule has 0 radical (unpaired) electrons. The highest BCUT2D eigenvalue weighted by molar-refractivity contribution is 6.33. The Kier molecular flexibility index (Phi) is 7.91. The molecule has 0 aromatic heterocycles. The molecule has 0 aliphatic carbocycles. The number of nitrogens with one attached hydrogen (secondary N) is 1. The molecule has 33 heavy (non-hydrogen) atoms. The van der Waals surface area contributed by atoms with E-state index in [2.05, 4.69) is 5.32 Å². The molecule has 3 aromatic rings.